The molecule has 0 bridgehead atoms. The molecule has 0 saturated carbocycles. The number of hydrogen-bond donors (Lipinski definition) is 1. The van der Waals surface area contributed by atoms with Gasteiger partial charge in [0.15, 0.2) is 0 Å². The molecule has 0 aliphatic carbocycles. The highest BCUT2D eigenvalue weighted by atomic mass is 16.5. The first-order chi connectivity index (χ1) is 13.9. The lowest BCUT2D eigenvalue weighted by Gasteiger charge is -2.31. The van der Waals surface area contributed by atoms with Gasteiger partial charge in [0.05, 0.1) is 0 Å². The molecule has 2 nitrogen and oxygen atoms in total. The van der Waals surface area contributed by atoms with Crippen LogP contribution in [0.3, 0.4) is 0 Å². The molecule has 1 aliphatic rings. The number of phenols is 1. The zero-order valence-electron chi connectivity index (χ0n) is 20.2. The molecule has 1 unspecified atom stereocenters. The van der Waals surface area contributed by atoms with Crippen molar-refractivity contribution in [2.24, 2.45) is 0 Å². The Kier molecular flexibility index (Phi) is 10.3. The van der Waals surface area contributed by atoms with Crippen LogP contribution in [-0.4, -0.2) is 5.11 Å². The number of rotatable bonds is 5. The van der Waals surface area contributed by atoms with Crippen LogP contribution in [0.5, 0.6) is 17.2 Å². The molecule has 2 aromatic rings. The van der Waals surface area contributed by atoms with Crippen molar-refractivity contribution in [1.29, 1.82) is 0 Å². The van der Waals surface area contributed by atoms with Crippen molar-refractivity contribution in [2.75, 3.05) is 0 Å². The molecule has 0 fully saturated rings. The summed E-state index contributed by atoms with van der Waals surface area (Å²) in [4.78, 5) is 0. The van der Waals surface area contributed by atoms with E-state index in [2.05, 4.69) is 39.0 Å². The number of benzene rings is 2. The summed E-state index contributed by atoms with van der Waals surface area (Å²) < 4.78 is 6.33. The second-order valence-corrected chi connectivity index (χ2v) is 7.59. The molecule has 1 atom stereocenters. The van der Waals surface area contributed by atoms with E-state index in [4.69, 9.17) is 4.74 Å². The molecule has 0 spiro atoms. The Balaban J connectivity index is 0.000000989. The Labute approximate surface area is 179 Å². The van der Waals surface area contributed by atoms with Crippen LogP contribution in [0.1, 0.15) is 106 Å². The van der Waals surface area contributed by atoms with Crippen LogP contribution in [0, 0.1) is 27.7 Å². The van der Waals surface area contributed by atoms with Gasteiger partial charge < -0.3 is 9.84 Å². The van der Waals surface area contributed by atoms with Crippen LogP contribution in [-0.2, 0) is 0 Å². The van der Waals surface area contributed by atoms with Crippen LogP contribution in [0.4, 0.5) is 0 Å². The van der Waals surface area contributed by atoms with E-state index in [9.17, 15) is 5.11 Å². The second-order valence-electron chi connectivity index (χ2n) is 7.59. The average Bonchev–Trinajstić information content (AvgIpc) is 2.73. The molecule has 0 amide bonds. The minimum absolute atomic E-state index is 0.354. The molecule has 0 radical (unpaired) electrons. The highest BCUT2D eigenvalue weighted by Crippen LogP contribution is 2.51. The Morgan fingerprint density at radius 1 is 0.793 bits per heavy atom. The Morgan fingerprint density at radius 3 is 2.03 bits per heavy atom. The fourth-order valence-electron chi connectivity index (χ4n) is 4.12. The molecule has 1 aliphatic heterocycles. The van der Waals surface area contributed by atoms with Gasteiger partial charge in [0.1, 0.15) is 17.2 Å². The maximum Gasteiger partial charge on any atom is 0.137 e. The lowest BCUT2D eigenvalue weighted by atomic mass is 9.81. The van der Waals surface area contributed by atoms with Crippen LogP contribution in [0.15, 0.2) is 18.2 Å². The van der Waals surface area contributed by atoms with Crippen molar-refractivity contribution in [2.45, 2.75) is 100 Å². The van der Waals surface area contributed by atoms with Crippen molar-refractivity contribution in [3.63, 3.8) is 0 Å². The SMILES string of the molecule is CC.CC.CCCCCCC1c2cc(C)cc(C)c2Oc2c1cc(C)c(O)c2C. The molecule has 2 heteroatoms. The fourth-order valence-corrected chi connectivity index (χ4v) is 4.12. The minimum atomic E-state index is 0.354. The van der Waals surface area contributed by atoms with Gasteiger partial charge in [-0.25, -0.2) is 0 Å². The Morgan fingerprint density at radius 2 is 1.41 bits per heavy atom. The van der Waals surface area contributed by atoms with Crippen molar-refractivity contribution in [1.82, 2.24) is 0 Å². The molecule has 2 aromatic carbocycles. The molecule has 162 valence electrons. The lowest BCUT2D eigenvalue weighted by molar-refractivity contribution is 0.415. The normalized spacial score (nSPS) is 13.8. The third-order valence-electron chi connectivity index (χ3n) is 5.45. The van der Waals surface area contributed by atoms with E-state index >= 15 is 0 Å². The monoisotopic (exact) mass is 398 g/mol. The van der Waals surface area contributed by atoms with Crippen molar-refractivity contribution < 1.29 is 9.84 Å². The van der Waals surface area contributed by atoms with Gasteiger partial charge >= 0.3 is 0 Å². The predicted octanol–water partition coefficient (Wildman–Crippen LogP) is 8.89. The summed E-state index contributed by atoms with van der Waals surface area (Å²) in [5.41, 5.74) is 6.81. The fraction of sp³-hybridized carbons (Fsp3) is 0.556. The first kappa shape index (κ1) is 25.1. The topological polar surface area (TPSA) is 29.5 Å². The number of aryl methyl sites for hydroxylation is 3. The average molecular weight is 399 g/mol. The van der Waals surface area contributed by atoms with E-state index in [0.29, 0.717) is 11.7 Å². The second kappa shape index (κ2) is 11.9. The van der Waals surface area contributed by atoms with E-state index < -0.39 is 0 Å². The van der Waals surface area contributed by atoms with E-state index in [1.807, 2.05) is 41.5 Å². The van der Waals surface area contributed by atoms with Gasteiger partial charge in [0.2, 0.25) is 0 Å². The van der Waals surface area contributed by atoms with Crippen molar-refractivity contribution in [3.8, 4) is 17.2 Å². The number of phenolic OH excluding ortho intramolecular Hbond substituents is 1. The molecule has 0 aromatic heterocycles. The Hall–Kier alpha value is -1.96. The number of unbranched alkanes of at least 4 members (excludes halogenated alkanes) is 3. The van der Waals surface area contributed by atoms with Gasteiger partial charge in [-0.2, -0.15) is 0 Å². The first-order valence-corrected chi connectivity index (χ1v) is 11.6. The summed E-state index contributed by atoms with van der Waals surface area (Å²) in [7, 11) is 0. The summed E-state index contributed by atoms with van der Waals surface area (Å²) in [6, 6.07) is 6.59. The number of ether oxygens (including phenoxy) is 1. The molecule has 1 heterocycles. The number of aromatic hydroxyl groups is 1. The number of hydrogen-bond acceptors (Lipinski definition) is 2. The summed E-state index contributed by atoms with van der Waals surface area (Å²) in [6.45, 7) is 18.5. The van der Waals surface area contributed by atoms with Crippen LogP contribution in [0.25, 0.3) is 0 Å². The summed E-state index contributed by atoms with van der Waals surface area (Å²) in [6.07, 6.45) is 6.19. The molecular formula is C27H42O2. The molecule has 1 N–H and O–H groups in total. The Bertz CT molecular complexity index is 790. The third kappa shape index (κ3) is 5.56. The standard InChI is InChI=1S/C23H30O2.2C2H6/c1-6-7-8-9-10-18-19-12-14(2)11-16(4)22(19)25-23-17(5)21(24)15(3)13-20(18)23;2*1-2/h11-13,18,24H,6-10H2,1-5H3;2*1-2H3. The smallest absolute Gasteiger partial charge is 0.137 e. The van der Waals surface area contributed by atoms with Gasteiger partial charge in [-0.15, -0.1) is 0 Å². The quantitative estimate of drug-likeness (QED) is 0.509. The van der Waals surface area contributed by atoms with Gasteiger partial charge in [0, 0.05) is 22.6 Å². The lowest BCUT2D eigenvalue weighted by Crippen LogP contribution is -2.13. The first-order valence-electron chi connectivity index (χ1n) is 11.6. The van der Waals surface area contributed by atoms with Crippen LogP contribution >= 0.6 is 0 Å². The van der Waals surface area contributed by atoms with E-state index in [-0.39, 0.29) is 0 Å². The maximum absolute atomic E-state index is 10.4. The molecular weight excluding hydrogens is 356 g/mol. The molecule has 0 saturated heterocycles. The van der Waals surface area contributed by atoms with Gasteiger partial charge in [-0.05, 0) is 51.3 Å². The maximum atomic E-state index is 10.4. The van der Waals surface area contributed by atoms with E-state index in [0.717, 1.165) is 29.0 Å². The minimum Gasteiger partial charge on any atom is -0.507 e. The van der Waals surface area contributed by atoms with Gasteiger partial charge in [-0.1, -0.05) is 78.0 Å². The predicted molar refractivity (Wildman–Crippen MR) is 127 cm³/mol. The van der Waals surface area contributed by atoms with E-state index in [1.165, 1.54) is 47.9 Å². The van der Waals surface area contributed by atoms with Gasteiger partial charge in [0.25, 0.3) is 0 Å². The molecule has 3 rings (SSSR count). The summed E-state index contributed by atoms with van der Waals surface area (Å²) in [5, 5.41) is 10.4. The van der Waals surface area contributed by atoms with Crippen molar-refractivity contribution in [3.05, 3.63) is 51.6 Å². The zero-order valence-corrected chi connectivity index (χ0v) is 20.2. The highest BCUT2D eigenvalue weighted by molar-refractivity contribution is 5.63. The largest absolute Gasteiger partial charge is 0.507 e. The van der Waals surface area contributed by atoms with Crippen molar-refractivity contribution >= 4 is 0 Å². The van der Waals surface area contributed by atoms with Crippen LogP contribution < -0.4 is 4.74 Å². The van der Waals surface area contributed by atoms with Crippen LogP contribution in [0.2, 0.25) is 0 Å². The highest BCUT2D eigenvalue weighted by Gasteiger charge is 2.31. The summed E-state index contributed by atoms with van der Waals surface area (Å²) in [5.74, 6) is 2.57. The third-order valence-corrected chi connectivity index (χ3v) is 5.45. The zero-order chi connectivity index (χ0) is 22.1. The van der Waals surface area contributed by atoms with Gasteiger partial charge in [-0.3, -0.25) is 0 Å². The number of fused-ring (bicyclic) bond motifs is 2. The molecule has 29 heavy (non-hydrogen) atoms. The van der Waals surface area contributed by atoms with E-state index in [1.54, 1.807) is 0 Å². The summed E-state index contributed by atoms with van der Waals surface area (Å²) >= 11 is 0.